The van der Waals surface area contributed by atoms with Crippen molar-refractivity contribution in [3.63, 3.8) is 0 Å². The number of nitrogens with zero attached hydrogens (tertiary/aromatic N) is 4. The zero-order valence-electron chi connectivity index (χ0n) is 33.8. The first kappa shape index (κ1) is 44.7. The minimum absolute atomic E-state index is 0.0159. The fourth-order valence-corrected chi connectivity index (χ4v) is 7.92. The summed E-state index contributed by atoms with van der Waals surface area (Å²) in [6.45, 7) is 1.33. The van der Waals surface area contributed by atoms with Crippen LogP contribution in [0.4, 0.5) is 23.5 Å². The minimum Gasteiger partial charge on any atom is -0.481 e. The van der Waals surface area contributed by atoms with Crippen LogP contribution in [0.15, 0.2) is 68.1 Å². The summed E-state index contributed by atoms with van der Waals surface area (Å²) < 4.78 is 0. The maximum absolute atomic E-state index is 13.8. The van der Waals surface area contributed by atoms with Crippen LogP contribution in [0.5, 0.6) is 0 Å². The zero-order chi connectivity index (χ0) is 45.6. The molecule has 0 saturated heterocycles. The molecule has 2 aromatic carbocycles. The number of hydrogen-bond acceptors (Lipinski definition) is 14. The van der Waals surface area contributed by atoms with E-state index in [1.54, 1.807) is 36.7 Å². The van der Waals surface area contributed by atoms with E-state index < -0.39 is 70.2 Å². The Bertz CT molecular complexity index is 2480. The van der Waals surface area contributed by atoms with Crippen molar-refractivity contribution >= 4 is 71.5 Å². The number of aliphatic carboxylic acids is 3. The van der Waals surface area contributed by atoms with E-state index in [4.69, 9.17) is 16.6 Å². The molecule has 21 heteroatoms. The highest BCUT2D eigenvalue weighted by atomic mass is 16.4. The Morgan fingerprint density at radius 1 is 0.651 bits per heavy atom. The number of anilines is 2. The van der Waals surface area contributed by atoms with Gasteiger partial charge in [-0.3, -0.25) is 33.9 Å². The van der Waals surface area contributed by atoms with Crippen LogP contribution in [-0.4, -0.2) is 95.3 Å². The number of hydrogen-bond donors (Lipinski definition) is 9. The molecule has 0 saturated carbocycles. The number of carbonyl (C=O) groups excluding carboxylic acids is 3. The first-order valence-corrected chi connectivity index (χ1v) is 19.8. The third kappa shape index (κ3) is 10.2. The second-order valence-corrected chi connectivity index (χ2v) is 15.6. The van der Waals surface area contributed by atoms with E-state index in [9.17, 15) is 48.6 Å². The first-order chi connectivity index (χ1) is 29.9. The molecule has 2 aliphatic rings. The first-order valence-electron chi connectivity index (χ1n) is 19.8. The van der Waals surface area contributed by atoms with Crippen molar-refractivity contribution in [1.29, 1.82) is 0 Å². The number of nitrogen functional groups attached to an aromatic ring is 2. The molecule has 6 rings (SSSR count). The van der Waals surface area contributed by atoms with Gasteiger partial charge in [0.2, 0.25) is 11.9 Å². The predicted molar refractivity (Wildman–Crippen MR) is 227 cm³/mol. The van der Waals surface area contributed by atoms with Crippen LogP contribution < -0.4 is 33.2 Å². The third-order valence-corrected chi connectivity index (χ3v) is 11.1. The van der Waals surface area contributed by atoms with E-state index >= 15 is 0 Å². The number of Topliss-reactive ketones (excluding diaryl/α,β-unsaturated/α-hetero) is 1. The lowest BCUT2D eigenvalue weighted by Gasteiger charge is -2.37. The number of amides is 2. The normalized spacial score (nSPS) is 17.9. The minimum atomic E-state index is -1.42. The van der Waals surface area contributed by atoms with Gasteiger partial charge in [0, 0.05) is 47.2 Å². The average Bonchev–Trinajstić information content (AvgIpc) is 3.77. The Morgan fingerprint density at radius 3 is 1.41 bits per heavy atom. The lowest BCUT2D eigenvalue weighted by molar-refractivity contribution is -0.141. The standard InChI is InChI=1S/C42H44N10O11/c1-21(53)2-11-26(37(60)61)47-33(56)24-7-3-22(4-8-24)14-16-41(19-45-31-29(41)35(58)51-39(43)49-31)18-42(20-46-32-30(42)36(59)52-40(44)50-32)17-15-23-5-9-25(10-6-23)34(57)48-27(38(62)63)12-13-28(54)55/h3-10,19-20,26-27H,2,11-18H2,1H3,(H,47,56)(H,48,57)(H,54,55)(H,60,61)(H,62,63)(H3,43,49,51,58)(H3,44,50,52,59). The summed E-state index contributed by atoms with van der Waals surface area (Å²) in [6.07, 6.45) is 3.48. The number of benzene rings is 2. The van der Waals surface area contributed by atoms with Crippen molar-refractivity contribution < 1.29 is 44.1 Å². The van der Waals surface area contributed by atoms with Crippen molar-refractivity contribution in [2.75, 3.05) is 11.5 Å². The topological polar surface area (TPSA) is 355 Å². The number of aromatic nitrogens is 4. The van der Waals surface area contributed by atoms with Crippen molar-refractivity contribution in [3.05, 3.63) is 103 Å². The summed E-state index contributed by atoms with van der Waals surface area (Å²) in [5.74, 6) is -5.53. The number of fused-ring (bicyclic) bond motifs is 2. The second kappa shape index (κ2) is 18.4. The maximum Gasteiger partial charge on any atom is 0.326 e. The SMILES string of the molecule is CC(=O)CCC(NC(=O)c1ccc(CCC2(CC3(CCc4ccc(C(=O)NC(CCC(=O)O)C(=O)O)cc4)C=Nc4nc(N)[nH]c(=O)c43)C=Nc3nc(N)[nH]c(=O)c32)cc1)C(=O)O. The zero-order valence-corrected chi connectivity index (χ0v) is 33.8. The lowest BCUT2D eigenvalue weighted by atomic mass is 9.63. The summed E-state index contributed by atoms with van der Waals surface area (Å²) >= 11 is 0. The molecule has 0 bridgehead atoms. The van der Waals surface area contributed by atoms with Crippen LogP contribution in [-0.2, 0) is 42.8 Å². The average molecular weight is 865 g/mol. The molecule has 328 valence electrons. The molecule has 4 aromatic rings. The van der Waals surface area contributed by atoms with Gasteiger partial charge in [0.1, 0.15) is 17.9 Å². The van der Waals surface area contributed by atoms with Gasteiger partial charge >= 0.3 is 17.9 Å². The number of ketones is 1. The van der Waals surface area contributed by atoms with E-state index in [0.717, 1.165) is 5.56 Å². The predicted octanol–water partition coefficient (Wildman–Crippen LogP) is 1.88. The molecule has 0 aliphatic carbocycles. The van der Waals surface area contributed by atoms with Gasteiger partial charge in [-0.1, -0.05) is 24.3 Å². The van der Waals surface area contributed by atoms with Crippen molar-refractivity contribution in [1.82, 2.24) is 30.6 Å². The second-order valence-electron chi connectivity index (χ2n) is 15.6. The van der Waals surface area contributed by atoms with Gasteiger partial charge in [0.15, 0.2) is 11.6 Å². The Hall–Kier alpha value is -7.84. The molecular weight excluding hydrogens is 821 g/mol. The highest BCUT2D eigenvalue weighted by Crippen LogP contribution is 2.49. The molecule has 11 N–H and O–H groups in total. The summed E-state index contributed by atoms with van der Waals surface area (Å²) in [7, 11) is 0. The molecule has 0 radical (unpaired) electrons. The number of aliphatic imine (C=N–C) groups is 2. The summed E-state index contributed by atoms with van der Waals surface area (Å²) in [5.41, 5.74) is 10.5. The quantitative estimate of drug-likeness (QED) is 0.0612. The number of carboxylic acids is 3. The summed E-state index contributed by atoms with van der Waals surface area (Å²) in [4.78, 5) is 122. The fraction of sp³-hybridized carbons (Fsp3) is 0.333. The number of aryl methyl sites for hydroxylation is 2. The van der Waals surface area contributed by atoms with E-state index in [1.807, 2.05) is 0 Å². The molecule has 4 heterocycles. The number of aromatic amines is 2. The number of carbonyl (C=O) groups is 6. The van der Waals surface area contributed by atoms with Crippen LogP contribution in [0.3, 0.4) is 0 Å². The summed E-state index contributed by atoms with van der Waals surface area (Å²) in [5, 5.41) is 32.8. The molecule has 4 atom stereocenters. The smallest absolute Gasteiger partial charge is 0.326 e. The largest absolute Gasteiger partial charge is 0.481 e. The van der Waals surface area contributed by atoms with Crippen molar-refractivity contribution in [2.45, 2.75) is 87.6 Å². The Labute approximate surface area is 357 Å². The van der Waals surface area contributed by atoms with Gasteiger partial charge in [-0.15, -0.1) is 0 Å². The Morgan fingerprint density at radius 2 is 1.05 bits per heavy atom. The van der Waals surface area contributed by atoms with E-state index in [1.165, 1.54) is 31.2 Å². The molecule has 0 fully saturated rings. The Kier molecular flexibility index (Phi) is 13.1. The van der Waals surface area contributed by atoms with Crippen LogP contribution in [0, 0.1) is 0 Å². The number of carboxylic acid groups (broad SMARTS) is 3. The third-order valence-electron chi connectivity index (χ3n) is 11.1. The van der Waals surface area contributed by atoms with Crippen LogP contribution >= 0.6 is 0 Å². The molecule has 2 amide bonds. The van der Waals surface area contributed by atoms with Gasteiger partial charge in [0.05, 0.1) is 11.1 Å². The van der Waals surface area contributed by atoms with E-state index in [0.29, 0.717) is 18.4 Å². The van der Waals surface area contributed by atoms with E-state index in [-0.39, 0.29) is 90.1 Å². The number of nitrogens with one attached hydrogen (secondary N) is 4. The number of H-pyrrole nitrogens is 2. The lowest BCUT2D eigenvalue weighted by Crippen LogP contribution is -2.44. The van der Waals surface area contributed by atoms with Crippen LogP contribution in [0.25, 0.3) is 0 Å². The molecule has 2 aliphatic heterocycles. The van der Waals surface area contributed by atoms with Gasteiger partial charge < -0.3 is 42.2 Å². The van der Waals surface area contributed by atoms with Crippen molar-refractivity contribution in [2.24, 2.45) is 9.98 Å². The molecular formula is C42H44N10O11. The molecule has 4 unspecified atom stereocenters. The highest BCUT2D eigenvalue weighted by molar-refractivity contribution is 5.97. The Balaban J connectivity index is 1.28. The fourth-order valence-electron chi connectivity index (χ4n) is 7.92. The van der Waals surface area contributed by atoms with Crippen LogP contribution in [0.2, 0.25) is 0 Å². The van der Waals surface area contributed by atoms with Crippen LogP contribution in [0.1, 0.15) is 94.8 Å². The van der Waals surface area contributed by atoms with Crippen molar-refractivity contribution in [3.8, 4) is 0 Å². The van der Waals surface area contributed by atoms with Gasteiger partial charge in [-0.2, -0.15) is 9.97 Å². The molecule has 2 aromatic heterocycles. The maximum atomic E-state index is 13.8. The number of nitrogens with two attached hydrogens (primary N) is 2. The van der Waals surface area contributed by atoms with E-state index in [2.05, 4.69) is 40.6 Å². The van der Waals surface area contributed by atoms with Gasteiger partial charge in [0.25, 0.3) is 22.9 Å². The van der Waals surface area contributed by atoms with Gasteiger partial charge in [-0.05, 0) is 87.3 Å². The molecule has 63 heavy (non-hydrogen) atoms. The molecule has 21 nitrogen and oxygen atoms in total. The molecule has 0 spiro atoms. The summed E-state index contributed by atoms with van der Waals surface area (Å²) in [6, 6.07) is 10.1. The number of rotatable bonds is 20. The van der Waals surface area contributed by atoms with Gasteiger partial charge in [-0.25, -0.2) is 19.6 Å². The highest BCUT2D eigenvalue weighted by Gasteiger charge is 2.50. The monoisotopic (exact) mass is 864 g/mol.